The Balaban J connectivity index is 3.05. The number of hydrazine groups is 1. The lowest BCUT2D eigenvalue weighted by atomic mass is 10.1. The van der Waals surface area contributed by atoms with E-state index in [2.05, 4.69) is 10.4 Å². The first-order chi connectivity index (χ1) is 6.44. The minimum absolute atomic E-state index is 0.220. The summed E-state index contributed by atoms with van der Waals surface area (Å²) in [5.74, 6) is 5.88. The monoisotopic (exact) mass is 215 g/mol. The van der Waals surface area contributed by atoms with Crippen LogP contribution in [0.4, 0.5) is 0 Å². The molecule has 1 rings (SSSR count). The maximum absolute atomic E-state index is 5.80. The zero-order valence-corrected chi connectivity index (χ0v) is 9.22. The molecule has 1 aromatic heterocycles. The van der Waals surface area contributed by atoms with Gasteiger partial charge in [-0.2, -0.15) is 0 Å². The minimum atomic E-state index is -0.220. The Morgan fingerprint density at radius 2 is 2.21 bits per heavy atom. The second kappa shape index (κ2) is 4.02. The molecule has 1 heterocycles. The fourth-order valence-corrected chi connectivity index (χ4v) is 1.17. The van der Waals surface area contributed by atoms with E-state index in [4.69, 9.17) is 21.9 Å². The van der Waals surface area contributed by atoms with E-state index in [0.717, 1.165) is 0 Å². The van der Waals surface area contributed by atoms with Crippen LogP contribution in [0.5, 0.6) is 0 Å². The third-order valence-electron chi connectivity index (χ3n) is 1.46. The van der Waals surface area contributed by atoms with E-state index in [1.807, 2.05) is 20.8 Å². The molecule has 0 amide bonds. The Hall–Kier alpha value is -1.00. The van der Waals surface area contributed by atoms with E-state index in [1.54, 1.807) is 6.07 Å². The highest BCUT2D eigenvalue weighted by Gasteiger charge is 2.14. The summed E-state index contributed by atoms with van der Waals surface area (Å²) in [6.45, 7) is 5.91. The van der Waals surface area contributed by atoms with Crippen LogP contribution in [0.25, 0.3) is 0 Å². The quantitative estimate of drug-likeness (QED) is 0.326. The molecule has 1 aromatic rings. The lowest BCUT2D eigenvalue weighted by Crippen LogP contribution is -2.33. The molecule has 0 aromatic carbocycles. The van der Waals surface area contributed by atoms with E-state index in [0.29, 0.717) is 11.4 Å². The number of nitrogens with one attached hydrogen (secondary N) is 1. The van der Waals surface area contributed by atoms with Crippen LogP contribution < -0.4 is 11.3 Å². The molecule has 4 nitrogen and oxygen atoms in total. The van der Waals surface area contributed by atoms with Gasteiger partial charge in [-0.25, -0.2) is 5.84 Å². The molecule has 5 heteroatoms. The summed E-state index contributed by atoms with van der Waals surface area (Å²) in [7, 11) is 0. The summed E-state index contributed by atoms with van der Waals surface area (Å²) in [6, 6.07) is 1.72. The van der Waals surface area contributed by atoms with Crippen molar-refractivity contribution < 1.29 is 4.42 Å². The van der Waals surface area contributed by atoms with Gasteiger partial charge in [0.15, 0.2) is 0 Å². The molecule has 0 atom stereocenters. The number of aliphatic imine (C=N–C) groups is 1. The van der Waals surface area contributed by atoms with E-state index in [-0.39, 0.29) is 10.8 Å². The number of nitrogens with two attached hydrogens (primary N) is 1. The standard InChI is InChI=1S/C9H14ClN3O/c1-9(2,3)12-8(13-11)6-4-5-14-7(6)10/h4-5H,11H2,1-3H3,(H,12,13). The zero-order valence-electron chi connectivity index (χ0n) is 8.47. The second-order valence-electron chi connectivity index (χ2n) is 3.88. The molecule has 0 radical (unpaired) electrons. The summed E-state index contributed by atoms with van der Waals surface area (Å²) < 4.78 is 4.95. The molecule has 0 saturated carbocycles. The van der Waals surface area contributed by atoms with Crippen LogP contribution in [0, 0.1) is 0 Å². The normalized spacial score (nSPS) is 13.1. The van der Waals surface area contributed by atoms with Crippen molar-refractivity contribution in [2.75, 3.05) is 0 Å². The van der Waals surface area contributed by atoms with Gasteiger partial charge in [0.1, 0.15) is 5.84 Å². The first-order valence-electron chi connectivity index (χ1n) is 4.24. The van der Waals surface area contributed by atoms with Crippen LogP contribution in [0.2, 0.25) is 5.22 Å². The summed E-state index contributed by atoms with van der Waals surface area (Å²) >= 11 is 5.80. The molecular formula is C9H14ClN3O. The molecular weight excluding hydrogens is 202 g/mol. The molecule has 0 aliphatic carbocycles. The highest BCUT2D eigenvalue weighted by Crippen LogP contribution is 2.18. The number of hydrogen-bond acceptors (Lipinski definition) is 3. The first kappa shape index (κ1) is 11.1. The van der Waals surface area contributed by atoms with Crippen molar-refractivity contribution in [3.05, 3.63) is 23.1 Å². The molecule has 0 aliphatic heterocycles. The Bertz CT molecular complexity index is 338. The number of rotatable bonds is 1. The highest BCUT2D eigenvalue weighted by molar-refractivity contribution is 6.32. The Morgan fingerprint density at radius 1 is 1.57 bits per heavy atom. The van der Waals surface area contributed by atoms with Gasteiger partial charge in [-0.3, -0.25) is 4.99 Å². The van der Waals surface area contributed by atoms with Crippen molar-refractivity contribution >= 4 is 17.4 Å². The third kappa shape index (κ3) is 2.75. The molecule has 0 aliphatic rings. The number of halogens is 1. The van der Waals surface area contributed by atoms with Crippen molar-refractivity contribution in [1.82, 2.24) is 5.43 Å². The van der Waals surface area contributed by atoms with Crippen molar-refractivity contribution in [3.8, 4) is 0 Å². The Kier molecular flexibility index (Phi) is 3.18. The number of nitrogens with zero attached hydrogens (tertiary/aromatic N) is 1. The van der Waals surface area contributed by atoms with Crippen LogP contribution in [0.1, 0.15) is 26.3 Å². The number of amidine groups is 1. The molecule has 0 fully saturated rings. The molecule has 0 spiro atoms. The van der Waals surface area contributed by atoms with Crippen LogP contribution in [0.15, 0.2) is 21.7 Å². The molecule has 78 valence electrons. The van der Waals surface area contributed by atoms with Gasteiger partial charge in [0, 0.05) is 0 Å². The fraction of sp³-hybridized carbons (Fsp3) is 0.444. The molecule has 0 unspecified atom stereocenters. The number of hydrogen-bond donors (Lipinski definition) is 2. The predicted octanol–water partition coefficient (Wildman–Crippen LogP) is 1.94. The van der Waals surface area contributed by atoms with E-state index < -0.39 is 0 Å². The Morgan fingerprint density at radius 3 is 2.57 bits per heavy atom. The van der Waals surface area contributed by atoms with Crippen LogP contribution in [0.3, 0.4) is 0 Å². The first-order valence-corrected chi connectivity index (χ1v) is 4.61. The van der Waals surface area contributed by atoms with Crippen molar-refractivity contribution in [2.45, 2.75) is 26.3 Å². The van der Waals surface area contributed by atoms with Gasteiger partial charge in [0.05, 0.1) is 17.4 Å². The lowest BCUT2D eigenvalue weighted by Gasteiger charge is -2.14. The summed E-state index contributed by atoms with van der Waals surface area (Å²) in [6.07, 6.45) is 1.49. The van der Waals surface area contributed by atoms with E-state index in [1.165, 1.54) is 6.26 Å². The van der Waals surface area contributed by atoms with Gasteiger partial charge < -0.3 is 9.84 Å². The Labute approximate surface area is 88.1 Å². The molecule has 0 saturated heterocycles. The average Bonchev–Trinajstić information content (AvgIpc) is 2.45. The largest absolute Gasteiger partial charge is 0.452 e. The van der Waals surface area contributed by atoms with Gasteiger partial charge in [0.2, 0.25) is 5.22 Å². The summed E-state index contributed by atoms with van der Waals surface area (Å²) in [5.41, 5.74) is 2.96. The maximum Gasteiger partial charge on any atom is 0.203 e. The number of furan rings is 1. The second-order valence-corrected chi connectivity index (χ2v) is 4.23. The van der Waals surface area contributed by atoms with Gasteiger partial charge in [-0.05, 0) is 38.4 Å². The van der Waals surface area contributed by atoms with Gasteiger partial charge in [-0.15, -0.1) is 0 Å². The van der Waals surface area contributed by atoms with E-state index >= 15 is 0 Å². The fourth-order valence-electron chi connectivity index (χ4n) is 0.968. The van der Waals surface area contributed by atoms with E-state index in [9.17, 15) is 0 Å². The van der Waals surface area contributed by atoms with Crippen molar-refractivity contribution in [2.24, 2.45) is 10.8 Å². The van der Waals surface area contributed by atoms with Crippen LogP contribution in [-0.2, 0) is 0 Å². The predicted molar refractivity (Wildman–Crippen MR) is 57.3 cm³/mol. The summed E-state index contributed by atoms with van der Waals surface area (Å²) in [5, 5.41) is 0.283. The van der Waals surface area contributed by atoms with Gasteiger partial charge in [-0.1, -0.05) is 0 Å². The zero-order chi connectivity index (χ0) is 10.8. The summed E-state index contributed by atoms with van der Waals surface area (Å²) in [4.78, 5) is 4.37. The minimum Gasteiger partial charge on any atom is -0.452 e. The topological polar surface area (TPSA) is 63.5 Å². The van der Waals surface area contributed by atoms with Crippen LogP contribution >= 0.6 is 11.6 Å². The van der Waals surface area contributed by atoms with Gasteiger partial charge in [0.25, 0.3) is 0 Å². The maximum atomic E-state index is 5.80. The molecule has 3 N–H and O–H groups in total. The van der Waals surface area contributed by atoms with Crippen molar-refractivity contribution in [3.63, 3.8) is 0 Å². The molecule has 0 bridgehead atoms. The lowest BCUT2D eigenvalue weighted by molar-refractivity contribution is 0.567. The molecule has 14 heavy (non-hydrogen) atoms. The SMILES string of the molecule is CC(C)(C)N=C(NN)c1ccoc1Cl. The third-order valence-corrected chi connectivity index (χ3v) is 1.75. The van der Waals surface area contributed by atoms with Crippen LogP contribution in [-0.4, -0.2) is 11.4 Å². The highest BCUT2D eigenvalue weighted by atomic mass is 35.5. The average molecular weight is 216 g/mol. The van der Waals surface area contributed by atoms with Crippen molar-refractivity contribution in [1.29, 1.82) is 0 Å². The van der Waals surface area contributed by atoms with Gasteiger partial charge >= 0.3 is 0 Å². The smallest absolute Gasteiger partial charge is 0.203 e.